The predicted octanol–water partition coefficient (Wildman–Crippen LogP) is 6.13. The van der Waals surface area contributed by atoms with Gasteiger partial charge in [-0.3, -0.25) is 4.79 Å². The molecular formula is C22H19Cl2NO3. The first-order valence-corrected chi connectivity index (χ1v) is 9.49. The molecule has 0 saturated heterocycles. The number of nitrogens with zero attached hydrogens (tertiary/aromatic N) is 1. The average Bonchev–Trinajstić information content (AvgIpc) is 3.12. The Morgan fingerprint density at radius 3 is 2.39 bits per heavy atom. The SMILES string of the molecule is CC1(C)C(C=C(Cl)Cl)[C@]1(C(=O)O)[C@H](C#N)c1cccc(Oc2ccccc2)c1. The zero-order chi connectivity index (χ0) is 20.5. The Morgan fingerprint density at radius 1 is 1.18 bits per heavy atom. The van der Waals surface area contributed by atoms with Gasteiger partial charge in [0.05, 0.1) is 12.0 Å². The monoisotopic (exact) mass is 415 g/mol. The minimum absolute atomic E-state index is 0.000878. The molecule has 6 heteroatoms. The van der Waals surface area contributed by atoms with Crippen LogP contribution in [0.15, 0.2) is 65.2 Å². The third kappa shape index (κ3) is 3.26. The van der Waals surface area contributed by atoms with E-state index >= 15 is 0 Å². The number of rotatable bonds is 6. The molecule has 0 bridgehead atoms. The lowest BCUT2D eigenvalue weighted by Gasteiger charge is -2.22. The van der Waals surface area contributed by atoms with Crippen molar-refractivity contribution >= 4 is 29.2 Å². The van der Waals surface area contributed by atoms with Gasteiger partial charge in [0.15, 0.2) is 0 Å². The minimum atomic E-state index is -1.33. The van der Waals surface area contributed by atoms with Crippen LogP contribution in [0.25, 0.3) is 0 Å². The first kappa shape index (κ1) is 20.3. The number of hydrogen-bond acceptors (Lipinski definition) is 3. The molecule has 28 heavy (non-hydrogen) atoms. The van der Waals surface area contributed by atoms with Crippen molar-refractivity contribution in [2.45, 2.75) is 19.8 Å². The Kier molecular flexibility index (Phi) is 5.43. The third-order valence-electron chi connectivity index (χ3n) is 5.65. The number of nitriles is 1. The zero-order valence-corrected chi connectivity index (χ0v) is 16.9. The van der Waals surface area contributed by atoms with Crippen molar-refractivity contribution in [1.29, 1.82) is 5.26 Å². The lowest BCUT2D eigenvalue weighted by Crippen LogP contribution is -2.28. The van der Waals surface area contributed by atoms with Crippen LogP contribution in [-0.2, 0) is 4.79 Å². The van der Waals surface area contributed by atoms with E-state index in [9.17, 15) is 15.2 Å². The van der Waals surface area contributed by atoms with Crippen molar-refractivity contribution in [2.24, 2.45) is 16.7 Å². The molecule has 1 aliphatic rings. The summed E-state index contributed by atoms with van der Waals surface area (Å²) in [7, 11) is 0. The van der Waals surface area contributed by atoms with Crippen molar-refractivity contribution in [2.75, 3.05) is 0 Å². The van der Waals surface area contributed by atoms with Crippen molar-refractivity contribution in [3.63, 3.8) is 0 Å². The Balaban J connectivity index is 2.01. The van der Waals surface area contributed by atoms with Gasteiger partial charge in [-0.15, -0.1) is 0 Å². The molecule has 144 valence electrons. The fourth-order valence-corrected chi connectivity index (χ4v) is 4.46. The highest BCUT2D eigenvalue weighted by Gasteiger charge is 2.78. The van der Waals surface area contributed by atoms with E-state index in [0.29, 0.717) is 17.1 Å². The summed E-state index contributed by atoms with van der Waals surface area (Å²) in [4.78, 5) is 12.3. The Hall–Kier alpha value is -2.48. The molecule has 0 aliphatic heterocycles. The average molecular weight is 416 g/mol. The number of para-hydroxylation sites is 1. The summed E-state index contributed by atoms with van der Waals surface area (Å²) < 4.78 is 5.84. The number of carboxylic acids is 1. The Bertz CT molecular complexity index is 961. The lowest BCUT2D eigenvalue weighted by atomic mass is 9.78. The Labute approximate surface area is 174 Å². The zero-order valence-electron chi connectivity index (χ0n) is 15.4. The van der Waals surface area contributed by atoms with Gasteiger partial charge in [-0.05, 0) is 41.3 Å². The van der Waals surface area contributed by atoms with Gasteiger partial charge in [0.2, 0.25) is 0 Å². The second-order valence-corrected chi connectivity index (χ2v) is 8.39. The number of hydrogen-bond donors (Lipinski definition) is 1. The van der Waals surface area contributed by atoms with E-state index in [0.717, 1.165) is 0 Å². The second kappa shape index (κ2) is 7.50. The van der Waals surface area contributed by atoms with E-state index in [2.05, 4.69) is 6.07 Å². The summed E-state index contributed by atoms with van der Waals surface area (Å²) in [5.74, 6) is -1.22. The van der Waals surface area contributed by atoms with E-state index in [1.165, 1.54) is 6.08 Å². The highest BCUT2D eigenvalue weighted by molar-refractivity contribution is 6.55. The molecule has 0 heterocycles. The van der Waals surface area contributed by atoms with Crippen LogP contribution in [0.2, 0.25) is 0 Å². The summed E-state index contributed by atoms with van der Waals surface area (Å²) in [5, 5.41) is 20.0. The highest BCUT2D eigenvalue weighted by Crippen LogP contribution is 2.75. The Morgan fingerprint density at radius 2 is 1.82 bits per heavy atom. The molecule has 4 nitrogen and oxygen atoms in total. The molecule has 1 unspecified atom stereocenters. The van der Waals surface area contributed by atoms with Crippen LogP contribution < -0.4 is 4.74 Å². The molecule has 2 aromatic rings. The van der Waals surface area contributed by atoms with Crippen LogP contribution in [0.5, 0.6) is 11.5 Å². The van der Waals surface area contributed by atoms with Gasteiger partial charge in [0.25, 0.3) is 0 Å². The molecular weight excluding hydrogens is 397 g/mol. The van der Waals surface area contributed by atoms with Crippen molar-refractivity contribution in [3.8, 4) is 17.6 Å². The number of allylic oxidation sites excluding steroid dienone is 1. The fourth-order valence-electron chi connectivity index (χ4n) is 4.21. The molecule has 1 saturated carbocycles. The molecule has 0 amide bonds. The standard InChI is InChI=1S/C22H19Cl2NO3/c1-21(2)18(12-19(23)24)22(21,20(26)27)17(13-25)14-7-6-10-16(11-14)28-15-8-4-3-5-9-15/h3-12,17-18H,1-2H3,(H,26,27)/t17-,18?,22+/m1/s1. The lowest BCUT2D eigenvalue weighted by molar-refractivity contribution is -0.145. The van der Waals surface area contributed by atoms with Crippen LogP contribution in [0.1, 0.15) is 25.3 Å². The van der Waals surface area contributed by atoms with Crippen LogP contribution in [0.3, 0.4) is 0 Å². The third-order valence-corrected chi connectivity index (χ3v) is 5.90. The van der Waals surface area contributed by atoms with Crippen molar-refractivity contribution < 1.29 is 14.6 Å². The van der Waals surface area contributed by atoms with E-state index in [1.807, 2.05) is 44.2 Å². The van der Waals surface area contributed by atoms with E-state index in [-0.39, 0.29) is 4.49 Å². The first-order chi connectivity index (χ1) is 13.2. The maximum atomic E-state index is 12.3. The summed E-state index contributed by atoms with van der Waals surface area (Å²) in [5.41, 5.74) is -1.44. The van der Waals surface area contributed by atoms with Crippen LogP contribution in [0, 0.1) is 28.1 Å². The fraction of sp³-hybridized carbons (Fsp3) is 0.273. The van der Waals surface area contributed by atoms with Gasteiger partial charge in [0, 0.05) is 5.92 Å². The normalized spacial score (nSPS) is 23.2. The molecule has 2 aromatic carbocycles. The summed E-state index contributed by atoms with van der Waals surface area (Å²) in [6, 6.07) is 18.4. The van der Waals surface area contributed by atoms with Crippen LogP contribution in [-0.4, -0.2) is 11.1 Å². The molecule has 0 radical (unpaired) electrons. The molecule has 1 fully saturated rings. The molecule has 1 N–H and O–H groups in total. The maximum Gasteiger partial charge on any atom is 0.312 e. The number of aliphatic carboxylic acids is 1. The van der Waals surface area contributed by atoms with Gasteiger partial charge in [-0.1, -0.05) is 67.4 Å². The molecule has 0 aromatic heterocycles. The summed E-state index contributed by atoms with van der Waals surface area (Å²) >= 11 is 11.6. The maximum absolute atomic E-state index is 12.3. The number of carbonyl (C=O) groups is 1. The van der Waals surface area contributed by atoms with E-state index in [4.69, 9.17) is 27.9 Å². The van der Waals surface area contributed by atoms with Gasteiger partial charge >= 0.3 is 5.97 Å². The minimum Gasteiger partial charge on any atom is -0.481 e. The number of benzene rings is 2. The number of halogens is 2. The van der Waals surface area contributed by atoms with Gasteiger partial charge in [-0.25, -0.2) is 0 Å². The highest BCUT2D eigenvalue weighted by atomic mass is 35.5. The topological polar surface area (TPSA) is 70.3 Å². The second-order valence-electron chi connectivity index (χ2n) is 7.38. The van der Waals surface area contributed by atoms with Crippen molar-refractivity contribution in [3.05, 3.63) is 70.7 Å². The van der Waals surface area contributed by atoms with Gasteiger partial charge in [-0.2, -0.15) is 5.26 Å². The molecule has 3 rings (SSSR count). The smallest absolute Gasteiger partial charge is 0.312 e. The van der Waals surface area contributed by atoms with Crippen molar-refractivity contribution in [1.82, 2.24) is 0 Å². The number of ether oxygens (including phenoxy) is 1. The summed E-state index contributed by atoms with van der Waals surface area (Å²) in [6.07, 6.45) is 1.52. The van der Waals surface area contributed by atoms with E-state index < -0.39 is 28.6 Å². The van der Waals surface area contributed by atoms with Gasteiger partial charge in [0.1, 0.15) is 21.4 Å². The molecule has 0 spiro atoms. The molecule has 3 atom stereocenters. The van der Waals surface area contributed by atoms with Gasteiger partial charge < -0.3 is 9.84 Å². The van der Waals surface area contributed by atoms with Crippen LogP contribution in [0.4, 0.5) is 0 Å². The van der Waals surface area contributed by atoms with E-state index in [1.54, 1.807) is 24.3 Å². The first-order valence-electron chi connectivity index (χ1n) is 8.73. The summed E-state index contributed by atoms with van der Waals surface area (Å²) in [6.45, 7) is 3.63. The van der Waals surface area contributed by atoms with Crippen LogP contribution >= 0.6 is 23.2 Å². The quantitative estimate of drug-likeness (QED) is 0.615. The number of carboxylic acid groups (broad SMARTS) is 1. The molecule has 1 aliphatic carbocycles. The predicted molar refractivity (Wildman–Crippen MR) is 108 cm³/mol. The largest absolute Gasteiger partial charge is 0.481 e.